The number of ether oxygens (including phenoxy) is 2. The Balaban J connectivity index is 1.48. The van der Waals surface area contributed by atoms with E-state index in [-0.39, 0.29) is 11.2 Å². The summed E-state index contributed by atoms with van der Waals surface area (Å²) in [5, 5.41) is 3.65. The first kappa shape index (κ1) is 20.3. The van der Waals surface area contributed by atoms with Gasteiger partial charge in [-0.25, -0.2) is 0 Å². The molecule has 0 saturated heterocycles. The Kier molecular flexibility index (Phi) is 5.61. The second kappa shape index (κ2) is 8.02. The molecule has 0 saturated carbocycles. The zero-order chi connectivity index (χ0) is 20.5. The Morgan fingerprint density at radius 2 is 1.59 bits per heavy atom. The van der Waals surface area contributed by atoms with Crippen LogP contribution in [0.5, 0.6) is 11.5 Å². The van der Waals surface area contributed by atoms with Crippen LogP contribution < -0.4 is 14.8 Å². The van der Waals surface area contributed by atoms with Gasteiger partial charge in [0.15, 0.2) is 0 Å². The molecule has 0 bridgehead atoms. The summed E-state index contributed by atoms with van der Waals surface area (Å²) >= 11 is 0. The maximum absolute atomic E-state index is 6.49. The highest BCUT2D eigenvalue weighted by molar-refractivity contribution is 5.57. The van der Waals surface area contributed by atoms with E-state index in [4.69, 9.17) is 9.47 Å². The number of nitrogens with one attached hydrogen (secondary N) is 1. The number of benzene rings is 2. The summed E-state index contributed by atoms with van der Waals surface area (Å²) in [6.07, 6.45) is 6.46. The van der Waals surface area contributed by atoms with E-state index in [2.05, 4.69) is 69.4 Å². The third-order valence-corrected chi connectivity index (χ3v) is 6.19. The fourth-order valence-electron chi connectivity index (χ4n) is 4.43. The van der Waals surface area contributed by atoms with Crippen molar-refractivity contribution in [2.75, 3.05) is 6.54 Å². The topological polar surface area (TPSA) is 30.5 Å². The SMILES string of the molecule is CC1(C)CCc2cc(CNCCCc3ccccc3)c3c(c2O1)CCC(C)(C)O3. The first-order chi connectivity index (χ1) is 13.8. The van der Waals surface area contributed by atoms with E-state index in [9.17, 15) is 0 Å². The smallest absolute Gasteiger partial charge is 0.131 e. The highest BCUT2D eigenvalue weighted by atomic mass is 16.5. The van der Waals surface area contributed by atoms with E-state index in [0.29, 0.717) is 0 Å². The van der Waals surface area contributed by atoms with Gasteiger partial charge in [-0.15, -0.1) is 0 Å². The molecule has 2 aromatic rings. The number of fused-ring (bicyclic) bond motifs is 3. The van der Waals surface area contributed by atoms with Crippen LogP contribution in [-0.4, -0.2) is 17.7 Å². The van der Waals surface area contributed by atoms with Crippen molar-refractivity contribution < 1.29 is 9.47 Å². The molecule has 0 unspecified atom stereocenters. The summed E-state index contributed by atoms with van der Waals surface area (Å²) in [4.78, 5) is 0. The van der Waals surface area contributed by atoms with E-state index in [1.54, 1.807) is 0 Å². The standard InChI is InChI=1S/C26H35NO2/c1-25(2)14-12-20-17-21(18-27-16-8-11-19-9-6-5-7-10-19)24-22(23(20)28-25)13-15-26(3,4)29-24/h5-7,9-10,17,27H,8,11-16,18H2,1-4H3. The van der Waals surface area contributed by atoms with Crippen LogP contribution in [0.2, 0.25) is 0 Å². The fraction of sp³-hybridized carbons (Fsp3) is 0.538. The van der Waals surface area contributed by atoms with Crippen molar-refractivity contribution in [3.8, 4) is 11.5 Å². The van der Waals surface area contributed by atoms with E-state index >= 15 is 0 Å². The largest absolute Gasteiger partial charge is 0.487 e. The Hall–Kier alpha value is -2.00. The minimum absolute atomic E-state index is 0.0923. The molecule has 0 amide bonds. The molecule has 29 heavy (non-hydrogen) atoms. The van der Waals surface area contributed by atoms with Gasteiger partial charge in [-0.3, -0.25) is 0 Å². The summed E-state index contributed by atoms with van der Waals surface area (Å²) in [6.45, 7) is 10.6. The lowest BCUT2D eigenvalue weighted by molar-refractivity contribution is 0.0657. The molecule has 1 N–H and O–H groups in total. The molecule has 4 rings (SSSR count). The number of hydrogen-bond donors (Lipinski definition) is 1. The molecule has 0 radical (unpaired) electrons. The average molecular weight is 394 g/mol. The van der Waals surface area contributed by atoms with Gasteiger partial charge in [0.2, 0.25) is 0 Å². The molecule has 0 aromatic heterocycles. The van der Waals surface area contributed by atoms with Gasteiger partial charge in [-0.2, -0.15) is 0 Å². The van der Waals surface area contributed by atoms with Gasteiger partial charge < -0.3 is 14.8 Å². The fourth-order valence-corrected chi connectivity index (χ4v) is 4.43. The molecular weight excluding hydrogens is 358 g/mol. The van der Waals surface area contributed by atoms with Crippen LogP contribution in [0.25, 0.3) is 0 Å². The van der Waals surface area contributed by atoms with Crippen LogP contribution >= 0.6 is 0 Å². The monoisotopic (exact) mass is 393 g/mol. The van der Waals surface area contributed by atoms with Crippen LogP contribution in [0.15, 0.2) is 36.4 Å². The van der Waals surface area contributed by atoms with Crippen molar-refractivity contribution in [3.05, 3.63) is 58.7 Å². The van der Waals surface area contributed by atoms with Crippen molar-refractivity contribution in [1.82, 2.24) is 5.32 Å². The van der Waals surface area contributed by atoms with Crippen molar-refractivity contribution in [3.63, 3.8) is 0 Å². The number of hydrogen-bond acceptors (Lipinski definition) is 3. The Bertz CT molecular complexity index is 855. The molecule has 156 valence electrons. The van der Waals surface area contributed by atoms with Crippen molar-refractivity contribution >= 4 is 0 Å². The quantitative estimate of drug-likeness (QED) is 0.647. The highest BCUT2D eigenvalue weighted by Crippen LogP contribution is 2.46. The molecule has 3 nitrogen and oxygen atoms in total. The molecule has 2 aromatic carbocycles. The predicted octanol–water partition coefficient (Wildman–Crippen LogP) is 5.62. The lowest BCUT2D eigenvalue weighted by atomic mass is 9.86. The van der Waals surface area contributed by atoms with Crippen molar-refractivity contribution in [2.24, 2.45) is 0 Å². The molecular formula is C26H35NO2. The van der Waals surface area contributed by atoms with Gasteiger partial charge in [0.25, 0.3) is 0 Å². The van der Waals surface area contributed by atoms with E-state index in [1.807, 2.05) is 0 Å². The maximum Gasteiger partial charge on any atom is 0.131 e. The van der Waals surface area contributed by atoms with Crippen molar-refractivity contribution in [2.45, 2.75) is 84.0 Å². The van der Waals surface area contributed by atoms with Crippen LogP contribution in [0.1, 0.15) is 69.2 Å². The highest BCUT2D eigenvalue weighted by Gasteiger charge is 2.35. The van der Waals surface area contributed by atoms with Gasteiger partial charge in [0, 0.05) is 17.7 Å². The number of rotatable bonds is 6. The molecule has 2 aliphatic heterocycles. The Morgan fingerprint density at radius 3 is 2.34 bits per heavy atom. The first-order valence-electron chi connectivity index (χ1n) is 11.1. The minimum atomic E-state index is -0.118. The summed E-state index contributed by atoms with van der Waals surface area (Å²) in [5.41, 5.74) is 5.13. The minimum Gasteiger partial charge on any atom is -0.487 e. The number of aryl methyl sites for hydroxylation is 2. The van der Waals surface area contributed by atoms with Crippen molar-refractivity contribution in [1.29, 1.82) is 0 Å². The van der Waals surface area contributed by atoms with Crippen LogP contribution in [0, 0.1) is 0 Å². The predicted molar refractivity (Wildman–Crippen MR) is 119 cm³/mol. The van der Waals surface area contributed by atoms with Gasteiger partial charge in [-0.05, 0) is 90.0 Å². The first-order valence-corrected chi connectivity index (χ1v) is 11.1. The molecule has 3 heteroatoms. The average Bonchev–Trinajstić information content (AvgIpc) is 2.67. The molecule has 0 spiro atoms. The van der Waals surface area contributed by atoms with E-state index in [0.717, 1.165) is 63.1 Å². The normalized spacial score (nSPS) is 18.9. The zero-order valence-electron chi connectivity index (χ0n) is 18.4. The van der Waals surface area contributed by atoms with Gasteiger partial charge in [0.05, 0.1) is 0 Å². The zero-order valence-corrected chi connectivity index (χ0v) is 18.4. The van der Waals surface area contributed by atoms with Gasteiger partial charge >= 0.3 is 0 Å². The summed E-state index contributed by atoms with van der Waals surface area (Å²) < 4.78 is 12.9. The summed E-state index contributed by atoms with van der Waals surface area (Å²) in [6, 6.07) is 13.0. The van der Waals surface area contributed by atoms with E-state index in [1.165, 1.54) is 22.3 Å². The van der Waals surface area contributed by atoms with Gasteiger partial charge in [-0.1, -0.05) is 30.3 Å². The lowest BCUT2D eigenvalue weighted by Crippen LogP contribution is -2.37. The molecule has 2 heterocycles. The third kappa shape index (κ3) is 4.78. The summed E-state index contributed by atoms with van der Waals surface area (Å²) in [7, 11) is 0. The Labute approximate surface area is 175 Å². The molecule has 0 aliphatic carbocycles. The van der Waals surface area contributed by atoms with E-state index < -0.39 is 0 Å². The van der Waals surface area contributed by atoms with Crippen LogP contribution in [0.4, 0.5) is 0 Å². The second-order valence-corrected chi connectivity index (χ2v) is 9.82. The van der Waals surface area contributed by atoms with Crippen LogP contribution in [0.3, 0.4) is 0 Å². The lowest BCUT2D eigenvalue weighted by Gasteiger charge is -2.39. The van der Waals surface area contributed by atoms with Crippen LogP contribution in [-0.2, 0) is 25.8 Å². The Morgan fingerprint density at radius 1 is 0.897 bits per heavy atom. The summed E-state index contributed by atoms with van der Waals surface area (Å²) in [5.74, 6) is 2.16. The molecule has 2 aliphatic rings. The molecule has 0 atom stereocenters. The second-order valence-electron chi connectivity index (χ2n) is 9.82. The third-order valence-electron chi connectivity index (χ3n) is 6.19. The maximum atomic E-state index is 6.49. The molecule has 0 fully saturated rings. The van der Waals surface area contributed by atoms with Gasteiger partial charge in [0.1, 0.15) is 22.7 Å².